The van der Waals surface area contributed by atoms with Gasteiger partial charge in [0.15, 0.2) is 6.04 Å². The quantitative estimate of drug-likeness (QED) is 0.136. The van der Waals surface area contributed by atoms with E-state index >= 15 is 14.0 Å². The number of rotatable bonds is 7. The summed E-state index contributed by atoms with van der Waals surface area (Å²) in [7, 11) is 1.40. The summed E-state index contributed by atoms with van der Waals surface area (Å²) in [6, 6.07) is 0.781. The molecule has 0 radical (unpaired) electrons. The van der Waals surface area contributed by atoms with Crippen molar-refractivity contribution < 1.29 is 67.7 Å². The normalized spacial score (nSPS) is 28.7. The lowest BCUT2D eigenvalue weighted by molar-refractivity contribution is -0.160. The molecule has 4 aliphatic heterocycles. The second-order valence-electron chi connectivity index (χ2n) is 20.4. The van der Waals surface area contributed by atoms with Crippen LogP contribution in [0.4, 0.5) is 10.1 Å². The number of nitrogens with one attached hydrogen (secondary N) is 1. The molecular weight excluding hydrogens is 978 g/mol. The van der Waals surface area contributed by atoms with Crippen LogP contribution in [0.2, 0.25) is 0 Å². The van der Waals surface area contributed by atoms with Gasteiger partial charge in [0, 0.05) is 111 Å². The van der Waals surface area contributed by atoms with E-state index in [0.717, 1.165) is 18.9 Å². The summed E-state index contributed by atoms with van der Waals surface area (Å²) < 4.78 is 41.8. The fourth-order valence-electron chi connectivity index (χ4n) is 10.9. The number of carboxylic acids is 1. The molecule has 1 amide bonds. The highest BCUT2D eigenvalue weighted by Crippen LogP contribution is 2.55. The third kappa shape index (κ3) is 9.72. The first-order valence-corrected chi connectivity index (χ1v) is 24.9. The maximum Gasteiger partial charge on any atom is 0.341 e. The van der Waals surface area contributed by atoms with Crippen molar-refractivity contribution >= 4 is 46.0 Å². The molecule has 21 heteroatoms. The number of allylic oxidation sites excluding steroid dienone is 4. The predicted molar refractivity (Wildman–Crippen MR) is 270 cm³/mol. The number of carbonyl (C=O) groups is 5. The van der Waals surface area contributed by atoms with Crippen LogP contribution in [0.25, 0.3) is 10.9 Å². The highest BCUT2D eigenvalue weighted by atomic mass is 19.1. The van der Waals surface area contributed by atoms with Crippen LogP contribution in [-0.2, 0) is 23.8 Å². The predicted octanol–water partition coefficient (Wildman–Crippen LogP) is 5.89. The number of ketones is 2. The number of halogens is 1. The van der Waals surface area contributed by atoms with E-state index in [2.05, 4.69) is 10.5 Å². The van der Waals surface area contributed by atoms with Gasteiger partial charge in [-0.1, -0.05) is 51.1 Å². The van der Waals surface area contributed by atoms with Crippen LogP contribution in [-0.4, -0.2) is 123 Å². The van der Waals surface area contributed by atoms with Gasteiger partial charge >= 0.3 is 11.9 Å². The number of methoxy groups -OCH3 is 1. The molecule has 10 atom stereocenters. The van der Waals surface area contributed by atoms with Crippen LogP contribution in [0, 0.1) is 41.3 Å². The molecule has 2 fully saturated rings. The van der Waals surface area contributed by atoms with Gasteiger partial charge in [0.05, 0.1) is 41.3 Å². The van der Waals surface area contributed by atoms with Crippen molar-refractivity contribution in [2.75, 3.05) is 38.2 Å². The van der Waals surface area contributed by atoms with Crippen molar-refractivity contribution in [3.8, 4) is 11.5 Å². The number of piperazine rings is 1. The Balaban J connectivity index is 1.22. The van der Waals surface area contributed by atoms with Crippen molar-refractivity contribution in [3.05, 3.63) is 115 Å². The monoisotopic (exact) mass is 1040 g/mol. The number of hydrogen-bond acceptors (Lipinski definition) is 17. The van der Waals surface area contributed by atoms with Crippen molar-refractivity contribution in [1.29, 1.82) is 0 Å². The lowest BCUT2D eigenvalue weighted by Gasteiger charge is -2.40. The van der Waals surface area contributed by atoms with Crippen LogP contribution in [0.5, 0.6) is 11.5 Å². The first-order valence-electron chi connectivity index (χ1n) is 24.9. The Bertz CT molecular complexity index is 3080. The fourth-order valence-corrected chi connectivity index (χ4v) is 10.9. The molecule has 1 aromatic heterocycles. The molecular formula is C54H62FN5O15. The molecule has 0 spiro atoms. The van der Waals surface area contributed by atoms with Crippen LogP contribution in [0.1, 0.15) is 116 Å². The smallest absolute Gasteiger partial charge is 0.341 e. The SMILES string of the molecule is CO[C@H]1C=CO[C@@]2(C)Oc3c(C)c(O)c4c(c3C2N=O)C(=O)C(N2CCN(c3cc5c(cc3F)c(=O)c(C(=O)O)cn5C3CC3)CC2)=C(NC(=O)C(C)=CC=C[C@H](C)[C@H](O)[C@@H](C)[C@@H](O)[C@@H](C)[C@H](OC(C)=O)[C@@H]1C)C4=O. The summed E-state index contributed by atoms with van der Waals surface area (Å²) in [5.41, 5.74) is -2.73. The molecule has 1 saturated heterocycles. The zero-order chi connectivity index (χ0) is 54.7. The minimum Gasteiger partial charge on any atom is -0.507 e. The Hall–Kier alpha value is -7.23. The Morgan fingerprint density at radius 3 is 2.20 bits per heavy atom. The molecule has 2 aliphatic carbocycles. The molecule has 1 saturated carbocycles. The topological polar surface area (TPSA) is 273 Å². The number of carboxylic acid groups (broad SMARTS) is 1. The lowest BCUT2D eigenvalue weighted by Crippen LogP contribution is -2.50. The highest BCUT2D eigenvalue weighted by Gasteiger charge is 2.55. The highest BCUT2D eigenvalue weighted by molar-refractivity contribution is 6.29. The number of aromatic carboxylic acids is 1. The number of aliphatic hydroxyl groups is 2. The number of nitroso groups, excluding NO2 is 1. The number of benzene rings is 2. The number of hydrogen-bond donors (Lipinski definition) is 5. The standard InChI is InChI=1S/C54H62FN5O15/c1-24-11-10-12-25(2)52(68)56-41-42(59-18-16-58(17-19-59)36-22-35-32(21-34(36)55)46(65)33(53(69)70)23-60(35)31-13-14-31)48(67)38-39(47(41)66)45(64)29(6)50-40(38)51(57-71)54(8,75-50)73-20-15-37(72-9)26(3)49(74-30(7)61)28(5)44(63)27(4)43(24)62/h10-12,15,20-24,26-28,31,37,43-44,49,51,62-64H,13-14,16-19H2,1-9H3,(H,56,68)(H,69,70)/t24-,26+,27+,28+,37-,43-,44+,49+,51?,54-/m0/s1. The molecule has 75 heavy (non-hydrogen) atoms. The second kappa shape index (κ2) is 20.8. The number of carbonyl (C=O) groups excluding carboxylic acids is 4. The van der Waals surface area contributed by atoms with Crippen molar-refractivity contribution in [2.24, 2.45) is 28.8 Å². The summed E-state index contributed by atoms with van der Waals surface area (Å²) in [6.45, 7) is 12.2. The van der Waals surface area contributed by atoms with Gasteiger partial charge in [0.25, 0.3) is 11.7 Å². The third-order valence-electron chi connectivity index (χ3n) is 15.4. The molecule has 20 nitrogen and oxygen atoms in total. The van der Waals surface area contributed by atoms with Gasteiger partial charge in [-0.05, 0) is 44.9 Å². The largest absolute Gasteiger partial charge is 0.507 e. The molecule has 6 aliphatic rings. The van der Waals surface area contributed by atoms with E-state index < -0.39 is 129 Å². The Morgan fingerprint density at radius 2 is 1.59 bits per heavy atom. The summed E-state index contributed by atoms with van der Waals surface area (Å²) in [5.74, 6) is -11.1. The number of fused-ring (bicyclic) bond motifs is 15. The number of pyridine rings is 1. The Kier molecular flexibility index (Phi) is 15.0. The number of anilines is 1. The maximum atomic E-state index is 16.1. The maximum absolute atomic E-state index is 16.1. The van der Waals surface area contributed by atoms with Crippen LogP contribution < -0.4 is 20.4 Å². The van der Waals surface area contributed by atoms with E-state index in [1.54, 1.807) is 43.2 Å². The zero-order valence-electron chi connectivity index (χ0n) is 43.1. The molecule has 5 heterocycles. The molecule has 1 unspecified atom stereocenters. The van der Waals surface area contributed by atoms with Gasteiger partial charge in [-0.15, -0.1) is 4.91 Å². The molecule has 400 valence electrons. The first kappa shape index (κ1) is 54.0. The van der Waals surface area contributed by atoms with Gasteiger partial charge in [-0.2, -0.15) is 0 Å². The summed E-state index contributed by atoms with van der Waals surface area (Å²) in [5, 5.41) is 50.6. The molecule has 5 N–H and O–H groups in total. The van der Waals surface area contributed by atoms with Gasteiger partial charge in [0.1, 0.15) is 40.4 Å². The van der Waals surface area contributed by atoms with E-state index in [-0.39, 0.29) is 71.4 Å². The van der Waals surface area contributed by atoms with Gasteiger partial charge < -0.3 is 59.1 Å². The Morgan fingerprint density at radius 1 is 0.920 bits per heavy atom. The number of nitrogens with zero attached hydrogens (tertiary/aromatic N) is 4. The van der Waals surface area contributed by atoms with Gasteiger partial charge in [-0.3, -0.25) is 24.0 Å². The van der Waals surface area contributed by atoms with Gasteiger partial charge in [-0.25, -0.2) is 9.18 Å². The van der Waals surface area contributed by atoms with Crippen LogP contribution in [0.3, 0.4) is 0 Å². The molecule has 3 aromatic rings. The van der Waals surface area contributed by atoms with Crippen molar-refractivity contribution in [1.82, 2.24) is 14.8 Å². The van der Waals surface area contributed by atoms with Crippen molar-refractivity contribution in [2.45, 2.75) is 111 Å². The number of aromatic hydroxyl groups is 1. The summed E-state index contributed by atoms with van der Waals surface area (Å²) >= 11 is 0. The number of aliphatic hydroxyl groups excluding tert-OH is 2. The van der Waals surface area contributed by atoms with E-state index in [1.165, 1.54) is 76.5 Å². The minimum absolute atomic E-state index is 0.0323. The van der Waals surface area contributed by atoms with Crippen LogP contribution >= 0.6 is 0 Å². The average molecular weight is 1040 g/mol. The van der Waals surface area contributed by atoms with E-state index in [0.29, 0.717) is 5.52 Å². The number of phenols is 1. The number of esters is 1. The Labute approximate surface area is 431 Å². The second-order valence-corrected chi connectivity index (χ2v) is 20.4. The summed E-state index contributed by atoms with van der Waals surface area (Å²) in [6.07, 6.45) is 5.80. The average Bonchev–Trinajstić information content (AvgIpc) is 4.18. The van der Waals surface area contributed by atoms with E-state index in [4.69, 9.17) is 18.9 Å². The van der Waals surface area contributed by atoms with Crippen molar-refractivity contribution in [3.63, 3.8) is 0 Å². The van der Waals surface area contributed by atoms with E-state index in [1.807, 2.05) is 0 Å². The van der Waals surface area contributed by atoms with Gasteiger partial charge in [0.2, 0.25) is 17.0 Å². The number of aromatic nitrogens is 1. The number of Topliss-reactive ketones (excluding diaryl/α,β-unsaturated/α-hetero) is 2. The summed E-state index contributed by atoms with van der Waals surface area (Å²) in [4.78, 5) is 98.6. The number of amides is 1. The minimum atomic E-state index is -2.02. The number of phenolic OH excluding ortho intramolecular Hbond substituents is 1. The number of ether oxygens (including phenoxy) is 4. The molecule has 2 aromatic carbocycles. The van der Waals surface area contributed by atoms with E-state index in [9.17, 15) is 44.5 Å². The van der Waals surface area contributed by atoms with Crippen LogP contribution in [0.15, 0.2) is 75.8 Å². The lowest BCUT2D eigenvalue weighted by atomic mass is 9.78. The third-order valence-corrected chi connectivity index (χ3v) is 15.4. The zero-order valence-corrected chi connectivity index (χ0v) is 43.1. The molecule has 9 rings (SSSR count). The molecule has 5 bridgehead atoms. The fraction of sp³-hybridized carbons (Fsp3) is 0.481. The first-order chi connectivity index (χ1) is 35.5.